The molecule has 1 N–H and O–H groups in total. The molecule has 126 valence electrons. The molecular formula is C19H23N3O2. The number of amides is 1. The minimum Gasteiger partial charge on any atom is -0.487 e. The first-order chi connectivity index (χ1) is 11.7. The van der Waals surface area contributed by atoms with Crippen molar-refractivity contribution < 1.29 is 9.53 Å². The number of pyridine rings is 1. The smallest absolute Gasteiger partial charge is 0.242 e. The average Bonchev–Trinajstić information content (AvgIpc) is 2.58. The van der Waals surface area contributed by atoms with E-state index in [0.717, 1.165) is 25.3 Å². The Balaban J connectivity index is 1.50. The summed E-state index contributed by atoms with van der Waals surface area (Å²) >= 11 is 0. The molecule has 0 saturated carbocycles. The van der Waals surface area contributed by atoms with Gasteiger partial charge in [-0.3, -0.25) is 9.69 Å². The van der Waals surface area contributed by atoms with Crippen LogP contribution in [0.3, 0.4) is 0 Å². The third-order valence-corrected chi connectivity index (χ3v) is 4.37. The number of likely N-dealkylation sites (tertiary alicyclic amines) is 1. The minimum absolute atomic E-state index is 0.0406. The Morgan fingerprint density at radius 1 is 1.29 bits per heavy atom. The molecule has 0 spiro atoms. The first-order valence-electron chi connectivity index (χ1n) is 8.38. The standard InChI is InChI=1S/C19H23N3O2/c1-3-15-8-4-5-9-17(15)24-16-12-22(13-16)14(2)19(23)21-18-10-6-7-11-20-18/h4-11,14,16H,3,12-13H2,1-2H3,(H,20,21,23)/t14-/m0/s1. The van der Waals surface area contributed by atoms with Crippen LogP contribution in [-0.4, -0.2) is 41.0 Å². The summed E-state index contributed by atoms with van der Waals surface area (Å²) < 4.78 is 6.07. The first kappa shape index (κ1) is 16.5. The molecule has 0 unspecified atom stereocenters. The summed E-state index contributed by atoms with van der Waals surface area (Å²) in [5, 5.41) is 2.84. The van der Waals surface area contributed by atoms with Crippen LogP contribution < -0.4 is 10.1 Å². The number of para-hydroxylation sites is 1. The number of benzene rings is 1. The Labute approximate surface area is 142 Å². The molecule has 1 aliphatic rings. The number of carbonyl (C=O) groups excluding carboxylic acids is 1. The predicted octanol–water partition coefficient (Wildman–Crippen LogP) is 2.73. The van der Waals surface area contributed by atoms with Gasteiger partial charge in [0.2, 0.25) is 5.91 Å². The molecule has 5 heteroatoms. The molecule has 1 aromatic carbocycles. The Kier molecular flexibility index (Phi) is 5.11. The quantitative estimate of drug-likeness (QED) is 0.887. The number of aryl methyl sites for hydroxylation is 1. The third kappa shape index (κ3) is 3.74. The molecule has 3 rings (SSSR count). The number of ether oxygens (including phenoxy) is 1. The van der Waals surface area contributed by atoms with Gasteiger partial charge in [-0.25, -0.2) is 4.98 Å². The van der Waals surface area contributed by atoms with Crippen LogP contribution in [0.25, 0.3) is 0 Å². The lowest BCUT2D eigenvalue weighted by molar-refractivity contribution is -0.124. The summed E-state index contributed by atoms with van der Waals surface area (Å²) in [6.07, 6.45) is 2.76. The van der Waals surface area contributed by atoms with Gasteiger partial charge < -0.3 is 10.1 Å². The van der Waals surface area contributed by atoms with Crippen molar-refractivity contribution in [3.05, 3.63) is 54.2 Å². The van der Waals surface area contributed by atoms with Crippen molar-refractivity contribution in [3.63, 3.8) is 0 Å². The number of hydrogen-bond donors (Lipinski definition) is 1. The van der Waals surface area contributed by atoms with E-state index in [9.17, 15) is 4.79 Å². The summed E-state index contributed by atoms with van der Waals surface area (Å²) in [6, 6.07) is 13.4. The lowest BCUT2D eigenvalue weighted by atomic mass is 10.1. The van der Waals surface area contributed by atoms with E-state index >= 15 is 0 Å². The average molecular weight is 325 g/mol. The van der Waals surface area contributed by atoms with Crippen LogP contribution in [0.2, 0.25) is 0 Å². The van der Waals surface area contributed by atoms with Gasteiger partial charge in [0.1, 0.15) is 17.7 Å². The fourth-order valence-corrected chi connectivity index (χ4v) is 2.78. The topological polar surface area (TPSA) is 54.5 Å². The highest BCUT2D eigenvalue weighted by Gasteiger charge is 2.35. The van der Waals surface area contributed by atoms with Gasteiger partial charge >= 0.3 is 0 Å². The lowest BCUT2D eigenvalue weighted by Gasteiger charge is -2.42. The number of aromatic nitrogens is 1. The van der Waals surface area contributed by atoms with Crippen molar-refractivity contribution in [2.24, 2.45) is 0 Å². The van der Waals surface area contributed by atoms with Gasteiger partial charge in [-0.15, -0.1) is 0 Å². The van der Waals surface area contributed by atoms with Crippen molar-refractivity contribution in [1.29, 1.82) is 0 Å². The molecule has 1 saturated heterocycles. The van der Waals surface area contributed by atoms with E-state index in [1.54, 1.807) is 12.3 Å². The van der Waals surface area contributed by atoms with Crippen LogP contribution in [0.1, 0.15) is 19.4 Å². The van der Waals surface area contributed by atoms with Crippen LogP contribution in [0.4, 0.5) is 5.82 Å². The van der Waals surface area contributed by atoms with Crippen molar-refractivity contribution >= 4 is 11.7 Å². The molecule has 5 nitrogen and oxygen atoms in total. The number of nitrogens with one attached hydrogen (secondary N) is 1. The van der Waals surface area contributed by atoms with Crippen LogP contribution >= 0.6 is 0 Å². The molecule has 1 fully saturated rings. The maximum atomic E-state index is 12.3. The van der Waals surface area contributed by atoms with Crippen molar-refractivity contribution in [2.75, 3.05) is 18.4 Å². The number of rotatable bonds is 6. The van der Waals surface area contributed by atoms with Crippen molar-refractivity contribution in [2.45, 2.75) is 32.4 Å². The molecule has 2 heterocycles. The second-order valence-electron chi connectivity index (χ2n) is 6.04. The van der Waals surface area contributed by atoms with Crippen LogP contribution in [-0.2, 0) is 11.2 Å². The Morgan fingerprint density at radius 3 is 2.75 bits per heavy atom. The number of carbonyl (C=O) groups is 1. The van der Waals surface area contributed by atoms with Crippen molar-refractivity contribution in [3.8, 4) is 5.75 Å². The maximum Gasteiger partial charge on any atom is 0.242 e. The monoisotopic (exact) mass is 325 g/mol. The summed E-state index contributed by atoms with van der Waals surface area (Å²) in [5.41, 5.74) is 1.22. The fourth-order valence-electron chi connectivity index (χ4n) is 2.78. The van der Waals surface area contributed by atoms with E-state index in [2.05, 4.69) is 28.2 Å². The summed E-state index contributed by atoms with van der Waals surface area (Å²) in [4.78, 5) is 18.5. The number of nitrogens with zero attached hydrogens (tertiary/aromatic N) is 2. The van der Waals surface area contributed by atoms with E-state index in [1.807, 2.05) is 37.3 Å². The maximum absolute atomic E-state index is 12.3. The van der Waals surface area contributed by atoms with Gasteiger partial charge in [0.25, 0.3) is 0 Å². The second-order valence-corrected chi connectivity index (χ2v) is 6.04. The van der Waals surface area contributed by atoms with E-state index in [-0.39, 0.29) is 18.1 Å². The Hall–Kier alpha value is -2.40. The molecule has 1 atom stereocenters. The molecule has 0 radical (unpaired) electrons. The van der Waals surface area contributed by atoms with Gasteiger partial charge in [-0.05, 0) is 37.1 Å². The minimum atomic E-state index is -0.201. The van der Waals surface area contributed by atoms with E-state index in [0.29, 0.717) is 5.82 Å². The summed E-state index contributed by atoms with van der Waals surface area (Å²) in [5.74, 6) is 1.50. The fraction of sp³-hybridized carbons (Fsp3) is 0.368. The highest BCUT2D eigenvalue weighted by Crippen LogP contribution is 2.24. The molecule has 1 aliphatic heterocycles. The molecule has 0 bridgehead atoms. The normalized spacial score (nSPS) is 16.2. The molecule has 0 aliphatic carbocycles. The van der Waals surface area contributed by atoms with Gasteiger partial charge in [0.05, 0.1) is 6.04 Å². The summed E-state index contributed by atoms with van der Waals surface area (Å²) in [6.45, 7) is 5.55. The summed E-state index contributed by atoms with van der Waals surface area (Å²) in [7, 11) is 0. The molecular weight excluding hydrogens is 302 g/mol. The highest BCUT2D eigenvalue weighted by molar-refractivity contribution is 5.93. The lowest BCUT2D eigenvalue weighted by Crippen LogP contribution is -2.59. The van der Waals surface area contributed by atoms with Crippen LogP contribution in [0.5, 0.6) is 5.75 Å². The van der Waals surface area contributed by atoms with Gasteiger partial charge in [0.15, 0.2) is 0 Å². The highest BCUT2D eigenvalue weighted by atomic mass is 16.5. The van der Waals surface area contributed by atoms with E-state index in [4.69, 9.17) is 4.74 Å². The first-order valence-corrected chi connectivity index (χ1v) is 8.38. The van der Waals surface area contributed by atoms with Crippen LogP contribution in [0.15, 0.2) is 48.7 Å². The predicted molar refractivity (Wildman–Crippen MR) is 94.1 cm³/mol. The molecule has 24 heavy (non-hydrogen) atoms. The Morgan fingerprint density at radius 2 is 2.04 bits per heavy atom. The van der Waals surface area contributed by atoms with Gasteiger partial charge in [-0.2, -0.15) is 0 Å². The molecule has 2 aromatic rings. The molecule has 1 amide bonds. The zero-order chi connectivity index (χ0) is 16.9. The number of hydrogen-bond acceptors (Lipinski definition) is 4. The zero-order valence-corrected chi connectivity index (χ0v) is 14.1. The van der Waals surface area contributed by atoms with E-state index < -0.39 is 0 Å². The molecule has 1 aromatic heterocycles. The van der Waals surface area contributed by atoms with Gasteiger partial charge in [-0.1, -0.05) is 31.2 Å². The third-order valence-electron chi connectivity index (χ3n) is 4.37. The Bertz CT molecular complexity index is 684. The van der Waals surface area contributed by atoms with Crippen molar-refractivity contribution in [1.82, 2.24) is 9.88 Å². The largest absolute Gasteiger partial charge is 0.487 e. The second kappa shape index (κ2) is 7.45. The number of anilines is 1. The van der Waals surface area contributed by atoms with Gasteiger partial charge in [0, 0.05) is 19.3 Å². The SMILES string of the molecule is CCc1ccccc1OC1CN([C@@H](C)C(=O)Nc2ccccn2)C1. The zero-order valence-electron chi connectivity index (χ0n) is 14.1. The van der Waals surface area contributed by atoms with E-state index in [1.165, 1.54) is 5.56 Å². The van der Waals surface area contributed by atoms with Crippen LogP contribution in [0, 0.1) is 0 Å².